The van der Waals surface area contributed by atoms with Crippen molar-refractivity contribution in [3.05, 3.63) is 42.4 Å². The molecule has 0 saturated heterocycles. The zero-order valence-electron chi connectivity index (χ0n) is 11.5. The van der Waals surface area contributed by atoms with Crippen LogP contribution in [0.25, 0.3) is 11.3 Å². The molecule has 3 heteroatoms. The highest BCUT2D eigenvalue weighted by Gasteiger charge is 2.30. The Labute approximate surface area is 114 Å². The summed E-state index contributed by atoms with van der Waals surface area (Å²) >= 11 is 0. The van der Waals surface area contributed by atoms with E-state index in [-0.39, 0.29) is 0 Å². The number of oxazole rings is 1. The summed E-state index contributed by atoms with van der Waals surface area (Å²) in [5, 5.41) is 0. The van der Waals surface area contributed by atoms with E-state index in [0.717, 1.165) is 29.7 Å². The molecule has 0 N–H and O–H groups in total. The van der Waals surface area contributed by atoms with E-state index in [1.807, 2.05) is 36.5 Å². The van der Waals surface area contributed by atoms with E-state index in [2.05, 4.69) is 23.9 Å². The van der Waals surface area contributed by atoms with Crippen LogP contribution in [0.5, 0.6) is 0 Å². The lowest BCUT2D eigenvalue weighted by molar-refractivity contribution is 0.207. The van der Waals surface area contributed by atoms with Crippen LogP contribution in [0.15, 0.2) is 40.9 Å². The molecule has 2 aromatic rings. The summed E-state index contributed by atoms with van der Waals surface area (Å²) in [6.07, 6.45) is 4.55. The average molecular weight is 256 g/mol. The van der Waals surface area contributed by atoms with E-state index in [1.54, 1.807) is 0 Å². The quantitative estimate of drug-likeness (QED) is 0.819. The zero-order valence-corrected chi connectivity index (χ0v) is 11.5. The molecule has 1 saturated carbocycles. The van der Waals surface area contributed by atoms with Gasteiger partial charge in [0.2, 0.25) is 5.89 Å². The fourth-order valence-electron chi connectivity index (χ4n) is 2.42. The Kier molecular flexibility index (Phi) is 3.38. The lowest BCUT2D eigenvalue weighted by Crippen LogP contribution is -2.30. The normalized spacial score (nSPS) is 16.8. The highest BCUT2D eigenvalue weighted by molar-refractivity contribution is 5.55. The van der Waals surface area contributed by atoms with Gasteiger partial charge in [-0.1, -0.05) is 30.3 Å². The molecule has 1 fully saturated rings. The van der Waals surface area contributed by atoms with Crippen LogP contribution in [-0.4, -0.2) is 23.0 Å². The first kappa shape index (κ1) is 12.4. The summed E-state index contributed by atoms with van der Waals surface area (Å²) in [6.45, 7) is 3.07. The second-order valence-electron chi connectivity index (χ2n) is 5.48. The van der Waals surface area contributed by atoms with Crippen molar-refractivity contribution in [3.63, 3.8) is 0 Å². The van der Waals surface area contributed by atoms with Gasteiger partial charge in [-0.25, -0.2) is 4.98 Å². The summed E-state index contributed by atoms with van der Waals surface area (Å²) < 4.78 is 5.84. The molecule has 1 aliphatic rings. The lowest BCUT2D eigenvalue weighted by Gasteiger charge is -2.22. The van der Waals surface area contributed by atoms with E-state index >= 15 is 0 Å². The predicted molar refractivity (Wildman–Crippen MR) is 75.6 cm³/mol. The summed E-state index contributed by atoms with van der Waals surface area (Å²) in [6, 6.07) is 10.7. The first-order chi connectivity index (χ1) is 9.24. The second-order valence-corrected chi connectivity index (χ2v) is 5.48. The van der Waals surface area contributed by atoms with Crippen molar-refractivity contribution in [1.29, 1.82) is 0 Å². The van der Waals surface area contributed by atoms with Gasteiger partial charge in [-0.3, -0.25) is 4.90 Å². The first-order valence-electron chi connectivity index (χ1n) is 6.94. The van der Waals surface area contributed by atoms with Gasteiger partial charge >= 0.3 is 0 Å². The number of aromatic nitrogens is 1. The topological polar surface area (TPSA) is 29.3 Å². The van der Waals surface area contributed by atoms with Crippen molar-refractivity contribution in [2.75, 3.05) is 7.05 Å². The molecule has 0 amide bonds. The van der Waals surface area contributed by atoms with Crippen LogP contribution in [0.1, 0.15) is 25.7 Å². The maximum absolute atomic E-state index is 5.84. The van der Waals surface area contributed by atoms with E-state index in [4.69, 9.17) is 4.42 Å². The molecule has 0 bridgehead atoms. The molecule has 1 aromatic carbocycles. The van der Waals surface area contributed by atoms with Crippen LogP contribution in [0.4, 0.5) is 0 Å². The number of hydrogen-bond donors (Lipinski definition) is 0. The Morgan fingerprint density at radius 1 is 1.32 bits per heavy atom. The Hall–Kier alpha value is -1.61. The Balaban J connectivity index is 1.68. The van der Waals surface area contributed by atoms with Crippen LogP contribution in [0.3, 0.4) is 0 Å². The fraction of sp³-hybridized carbons (Fsp3) is 0.438. The Morgan fingerprint density at radius 2 is 2.05 bits per heavy atom. The molecule has 1 aliphatic carbocycles. The van der Waals surface area contributed by atoms with Gasteiger partial charge in [-0.2, -0.15) is 0 Å². The second kappa shape index (κ2) is 5.17. The van der Waals surface area contributed by atoms with E-state index < -0.39 is 0 Å². The minimum atomic E-state index is 0.618. The first-order valence-corrected chi connectivity index (χ1v) is 6.94. The monoisotopic (exact) mass is 256 g/mol. The van der Waals surface area contributed by atoms with Gasteiger partial charge in [0.25, 0.3) is 0 Å². The highest BCUT2D eigenvalue weighted by Crippen LogP contribution is 2.35. The fourth-order valence-corrected chi connectivity index (χ4v) is 2.42. The summed E-state index contributed by atoms with van der Waals surface area (Å²) in [4.78, 5) is 6.72. The number of benzene rings is 1. The third-order valence-corrected chi connectivity index (χ3v) is 4.00. The van der Waals surface area contributed by atoms with Crippen molar-refractivity contribution in [2.24, 2.45) is 5.92 Å². The summed E-state index contributed by atoms with van der Waals surface area (Å²) in [5.74, 6) is 2.52. The molecule has 3 nitrogen and oxygen atoms in total. The molecule has 3 rings (SSSR count). The molecule has 19 heavy (non-hydrogen) atoms. The maximum atomic E-state index is 5.84. The molecule has 100 valence electrons. The molecule has 0 spiro atoms. The van der Waals surface area contributed by atoms with Crippen molar-refractivity contribution < 1.29 is 4.42 Å². The number of nitrogens with zero attached hydrogens (tertiary/aromatic N) is 2. The van der Waals surface area contributed by atoms with E-state index in [0.29, 0.717) is 6.04 Å². The summed E-state index contributed by atoms with van der Waals surface area (Å²) in [7, 11) is 2.15. The van der Waals surface area contributed by atoms with E-state index in [1.165, 1.54) is 12.8 Å². The molecular formula is C16H20N2O. The smallest absolute Gasteiger partial charge is 0.209 e. The third-order valence-electron chi connectivity index (χ3n) is 4.00. The minimum Gasteiger partial charge on any atom is -0.439 e. The van der Waals surface area contributed by atoms with Crippen LogP contribution in [0.2, 0.25) is 0 Å². The number of hydrogen-bond acceptors (Lipinski definition) is 3. The molecule has 0 aliphatic heterocycles. The molecule has 0 radical (unpaired) electrons. The van der Waals surface area contributed by atoms with Crippen LogP contribution in [0, 0.1) is 5.92 Å². The molecule has 1 heterocycles. The SMILES string of the molecule is CC(C1CC1)N(C)Cc1ncc(-c2ccccc2)o1. The van der Waals surface area contributed by atoms with Crippen molar-refractivity contribution >= 4 is 0 Å². The van der Waals surface area contributed by atoms with Crippen molar-refractivity contribution in [2.45, 2.75) is 32.4 Å². The molecule has 1 atom stereocenters. The Morgan fingerprint density at radius 3 is 2.74 bits per heavy atom. The third kappa shape index (κ3) is 2.87. The average Bonchev–Trinajstić information content (AvgIpc) is 3.19. The summed E-state index contributed by atoms with van der Waals surface area (Å²) in [5.41, 5.74) is 1.08. The van der Waals surface area contributed by atoms with Gasteiger partial charge < -0.3 is 4.42 Å². The van der Waals surface area contributed by atoms with Gasteiger partial charge in [-0.05, 0) is 32.7 Å². The van der Waals surface area contributed by atoms with Gasteiger partial charge in [0, 0.05) is 11.6 Å². The van der Waals surface area contributed by atoms with Crippen molar-refractivity contribution in [1.82, 2.24) is 9.88 Å². The van der Waals surface area contributed by atoms with Gasteiger partial charge in [0.05, 0.1) is 12.7 Å². The van der Waals surface area contributed by atoms with Crippen molar-refractivity contribution in [3.8, 4) is 11.3 Å². The van der Waals surface area contributed by atoms with Gasteiger partial charge in [-0.15, -0.1) is 0 Å². The minimum absolute atomic E-state index is 0.618. The van der Waals surface area contributed by atoms with Crippen LogP contribution < -0.4 is 0 Å². The Bertz CT molecular complexity index is 531. The molecule has 1 unspecified atom stereocenters. The van der Waals surface area contributed by atoms with Gasteiger partial charge in [0.15, 0.2) is 5.76 Å². The van der Waals surface area contributed by atoms with E-state index in [9.17, 15) is 0 Å². The standard InChI is InChI=1S/C16H20N2O/c1-12(13-8-9-13)18(2)11-16-17-10-15(19-16)14-6-4-3-5-7-14/h3-7,10,12-13H,8-9,11H2,1-2H3. The zero-order chi connectivity index (χ0) is 13.2. The largest absolute Gasteiger partial charge is 0.439 e. The number of rotatable bonds is 5. The predicted octanol–water partition coefficient (Wildman–Crippen LogP) is 3.57. The van der Waals surface area contributed by atoms with Crippen LogP contribution >= 0.6 is 0 Å². The van der Waals surface area contributed by atoms with Gasteiger partial charge in [0.1, 0.15) is 0 Å². The molecule has 1 aromatic heterocycles. The molecular weight excluding hydrogens is 236 g/mol. The highest BCUT2D eigenvalue weighted by atomic mass is 16.4. The maximum Gasteiger partial charge on any atom is 0.209 e. The van der Waals surface area contributed by atoms with Crippen LogP contribution in [-0.2, 0) is 6.54 Å². The lowest BCUT2D eigenvalue weighted by atomic mass is 10.2.